The predicted molar refractivity (Wildman–Crippen MR) is 150 cm³/mol. The predicted octanol–water partition coefficient (Wildman–Crippen LogP) is 5.90. The second-order valence-electron chi connectivity index (χ2n) is 9.86. The van der Waals surface area contributed by atoms with Crippen LogP contribution in [-0.4, -0.2) is 35.7 Å². The topological polar surface area (TPSA) is 89.5 Å². The van der Waals surface area contributed by atoms with E-state index in [0.29, 0.717) is 13.2 Å². The van der Waals surface area contributed by atoms with Crippen LogP contribution in [0.3, 0.4) is 0 Å². The summed E-state index contributed by atoms with van der Waals surface area (Å²) in [7, 11) is 0. The Kier molecular flexibility index (Phi) is 13.7. The molecule has 0 bridgehead atoms. The fourth-order valence-electron chi connectivity index (χ4n) is 3.20. The van der Waals surface area contributed by atoms with Crippen molar-refractivity contribution in [1.82, 2.24) is 15.6 Å². The van der Waals surface area contributed by atoms with Gasteiger partial charge in [-0.15, -0.1) is 0 Å². The van der Waals surface area contributed by atoms with Crippen LogP contribution in [0.2, 0.25) is 0 Å². The molecule has 0 radical (unpaired) electrons. The van der Waals surface area contributed by atoms with Crippen molar-refractivity contribution in [2.24, 2.45) is 0 Å². The molecule has 0 aliphatic carbocycles. The van der Waals surface area contributed by atoms with E-state index < -0.39 is 6.09 Å². The first kappa shape index (κ1) is 31.4. The van der Waals surface area contributed by atoms with Crippen LogP contribution in [0.1, 0.15) is 55.9 Å². The van der Waals surface area contributed by atoms with E-state index in [1.807, 2.05) is 32.9 Å². The number of hydrogen-bond acceptors (Lipinski definition) is 5. The van der Waals surface area contributed by atoms with Gasteiger partial charge in [0.05, 0.1) is 6.61 Å². The van der Waals surface area contributed by atoms with Gasteiger partial charge >= 0.3 is 6.09 Å². The number of benzene rings is 2. The summed E-state index contributed by atoms with van der Waals surface area (Å²) in [5.74, 6) is -0.406. The summed E-state index contributed by atoms with van der Waals surface area (Å²) < 4.78 is 23.1. The maximum absolute atomic E-state index is 12.7. The number of rotatable bonds is 12. The third-order valence-electron chi connectivity index (χ3n) is 5.92. The minimum absolute atomic E-state index is 0.0158. The molecule has 3 aromatic rings. The number of aryl methyl sites for hydroxylation is 2. The summed E-state index contributed by atoms with van der Waals surface area (Å²) >= 11 is 0. The Labute approximate surface area is 231 Å². The summed E-state index contributed by atoms with van der Waals surface area (Å²) in [6.45, 7) is 9.19. The van der Waals surface area contributed by atoms with E-state index in [9.17, 15) is 14.0 Å². The van der Waals surface area contributed by atoms with Gasteiger partial charge in [-0.25, -0.2) is 9.18 Å². The Bertz CT molecular complexity index is 1120. The zero-order valence-electron chi connectivity index (χ0n) is 23.3. The van der Waals surface area contributed by atoms with Crippen molar-refractivity contribution in [1.29, 1.82) is 0 Å². The number of nitrogens with zero attached hydrogens (tertiary/aromatic N) is 1. The fourth-order valence-corrected chi connectivity index (χ4v) is 3.20. The number of carbonyl (C=O) groups excluding carboxylic acids is 2. The average Bonchev–Trinajstić information content (AvgIpc) is 2.93. The highest BCUT2D eigenvalue weighted by Crippen LogP contribution is 2.08. The van der Waals surface area contributed by atoms with Gasteiger partial charge in [0.1, 0.15) is 19.0 Å². The highest BCUT2D eigenvalue weighted by Gasteiger charge is 2.18. The van der Waals surface area contributed by atoms with E-state index in [4.69, 9.17) is 9.47 Å². The third kappa shape index (κ3) is 14.1. The highest BCUT2D eigenvalue weighted by molar-refractivity contribution is 5.77. The quantitative estimate of drug-likeness (QED) is 0.281. The van der Waals surface area contributed by atoms with Gasteiger partial charge in [0.25, 0.3) is 0 Å². The van der Waals surface area contributed by atoms with Crippen molar-refractivity contribution in [3.05, 3.63) is 101 Å². The molecule has 0 atom stereocenters. The number of hydrogen-bond donors (Lipinski definition) is 2. The van der Waals surface area contributed by atoms with E-state index in [1.165, 1.54) is 23.3 Å². The fraction of sp³-hybridized carbons (Fsp3) is 0.387. The molecule has 0 spiro atoms. The largest absolute Gasteiger partial charge is 0.445 e. The van der Waals surface area contributed by atoms with Gasteiger partial charge < -0.3 is 20.1 Å². The van der Waals surface area contributed by atoms with Crippen LogP contribution in [-0.2, 0) is 33.9 Å². The van der Waals surface area contributed by atoms with Crippen molar-refractivity contribution in [3.8, 4) is 0 Å². The van der Waals surface area contributed by atoms with Gasteiger partial charge in [0.15, 0.2) is 0 Å². The highest BCUT2D eigenvalue weighted by atomic mass is 19.1. The van der Waals surface area contributed by atoms with Gasteiger partial charge in [0, 0.05) is 30.0 Å². The molecule has 0 unspecified atom stereocenters. The lowest BCUT2D eigenvalue weighted by Crippen LogP contribution is -2.42. The van der Waals surface area contributed by atoms with Crippen molar-refractivity contribution < 1.29 is 23.5 Å². The molecule has 0 saturated carbocycles. The van der Waals surface area contributed by atoms with E-state index in [1.54, 1.807) is 24.5 Å². The van der Waals surface area contributed by atoms with Crippen molar-refractivity contribution in [2.75, 3.05) is 13.2 Å². The lowest BCUT2D eigenvalue weighted by molar-refractivity contribution is -0.126. The van der Waals surface area contributed by atoms with Crippen LogP contribution in [0.15, 0.2) is 73.1 Å². The normalized spacial score (nSPS) is 10.7. The van der Waals surface area contributed by atoms with Crippen molar-refractivity contribution in [3.63, 3.8) is 0 Å². The van der Waals surface area contributed by atoms with Crippen LogP contribution < -0.4 is 10.6 Å². The first-order valence-corrected chi connectivity index (χ1v) is 13.1. The van der Waals surface area contributed by atoms with E-state index in [-0.39, 0.29) is 30.5 Å². The molecule has 210 valence electrons. The molecular weight excluding hydrogens is 497 g/mol. The number of pyridine rings is 1. The Morgan fingerprint density at radius 3 is 2.28 bits per heavy atom. The molecule has 2 N–H and O–H groups in total. The van der Waals surface area contributed by atoms with Gasteiger partial charge in [-0.2, -0.15) is 0 Å². The number of carbonyl (C=O) groups is 2. The maximum atomic E-state index is 12.7. The molecule has 0 saturated heterocycles. The lowest BCUT2D eigenvalue weighted by Gasteiger charge is -2.23. The molecule has 0 aliphatic heterocycles. The van der Waals surface area contributed by atoms with Crippen LogP contribution in [0, 0.1) is 12.7 Å². The molecule has 2 amide bonds. The zero-order valence-corrected chi connectivity index (χ0v) is 23.3. The van der Waals surface area contributed by atoms with Crippen LogP contribution >= 0.6 is 0 Å². The van der Waals surface area contributed by atoms with Gasteiger partial charge in [-0.05, 0) is 69.4 Å². The molecule has 39 heavy (non-hydrogen) atoms. The monoisotopic (exact) mass is 537 g/mol. The minimum Gasteiger partial charge on any atom is -0.445 e. The van der Waals surface area contributed by atoms with Crippen LogP contribution in [0.5, 0.6) is 0 Å². The Balaban J connectivity index is 0.000000293. The third-order valence-corrected chi connectivity index (χ3v) is 5.92. The number of amides is 2. The molecule has 0 aliphatic rings. The summed E-state index contributed by atoms with van der Waals surface area (Å²) in [6, 6.07) is 18.1. The SMILES string of the molecule is CCC(C)(C)NC(=O)OCc1cccnc1.Cc1ccc(CCCNC(=O)COCc2ccc(F)cc2)cc1. The number of aromatic nitrogens is 1. The minimum atomic E-state index is -0.393. The summed E-state index contributed by atoms with van der Waals surface area (Å²) in [5.41, 5.74) is 4.02. The molecule has 0 fully saturated rings. The first-order valence-electron chi connectivity index (χ1n) is 13.1. The van der Waals surface area contributed by atoms with Gasteiger partial charge in [-0.1, -0.05) is 55.0 Å². The van der Waals surface area contributed by atoms with Gasteiger partial charge in [0.2, 0.25) is 5.91 Å². The molecule has 3 rings (SSSR count). The Morgan fingerprint density at radius 1 is 0.949 bits per heavy atom. The maximum Gasteiger partial charge on any atom is 0.407 e. The number of ether oxygens (including phenoxy) is 2. The molecule has 1 aromatic heterocycles. The van der Waals surface area contributed by atoms with E-state index in [2.05, 4.69) is 46.8 Å². The van der Waals surface area contributed by atoms with E-state index >= 15 is 0 Å². The van der Waals surface area contributed by atoms with Crippen molar-refractivity contribution in [2.45, 2.75) is 65.7 Å². The average molecular weight is 538 g/mol. The first-order chi connectivity index (χ1) is 18.7. The lowest BCUT2D eigenvalue weighted by atomic mass is 10.0. The molecule has 1 heterocycles. The van der Waals surface area contributed by atoms with E-state index in [0.717, 1.165) is 30.4 Å². The molecule has 2 aromatic carbocycles. The second kappa shape index (κ2) is 16.9. The molecule has 7 nitrogen and oxygen atoms in total. The zero-order chi connectivity index (χ0) is 28.5. The number of nitrogens with one attached hydrogen (secondary N) is 2. The van der Waals surface area contributed by atoms with Crippen LogP contribution in [0.4, 0.5) is 9.18 Å². The van der Waals surface area contributed by atoms with Crippen LogP contribution in [0.25, 0.3) is 0 Å². The Morgan fingerprint density at radius 2 is 1.64 bits per heavy atom. The standard InChI is InChI=1S/C19H22FNO2.C12H18N2O2/c1-15-4-6-16(7-5-15)3-2-12-21-19(22)14-23-13-17-8-10-18(20)11-9-17;1-4-12(2,3)14-11(15)16-9-10-6-5-7-13-8-10/h4-11H,2-3,12-14H2,1H3,(H,21,22);5-8H,4,9H2,1-3H3,(H,14,15). The number of alkyl carbamates (subject to hydrolysis) is 1. The Hall–Kier alpha value is -3.78. The molecule has 8 heteroatoms. The molecular formula is C31H40FN3O4. The summed E-state index contributed by atoms with van der Waals surface area (Å²) in [4.78, 5) is 27.0. The second-order valence-corrected chi connectivity index (χ2v) is 9.86. The summed E-state index contributed by atoms with van der Waals surface area (Å²) in [6.07, 6.45) is 5.66. The van der Waals surface area contributed by atoms with Gasteiger partial charge in [-0.3, -0.25) is 9.78 Å². The summed E-state index contributed by atoms with van der Waals surface area (Å²) in [5, 5.41) is 5.63. The number of halogens is 1. The smallest absolute Gasteiger partial charge is 0.407 e. The van der Waals surface area contributed by atoms with Crippen molar-refractivity contribution >= 4 is 12.0 Å².